The molecule has 0 fully saturated rings. The van der Waals surface area contributed by atoms with Crippen molar-refractivity contribution in [3.05, 3.63) is 18.1 Å². The number of nitrogens with one attached hydrogen (secondary N) is 1. The molecule has 1 rings (SSSR count). The molecule has 84 valence electrons. The topological polar surface area (TPSA) is 98.9 Å². The van der Waals surface area contributed by atoms with Gasteiger partial charge in [-0.1, -0.05) is 0 Å². The van der Waals surface area contributed by atoms with Crippen molar-refractivity contribution in [2.75, 3.05) is 11.9 Å². The highest BCUT2D eigenvalue weighted by Gasteiger charge is 2.02. The van der Waals surface area contributed by atoms with Gasteiger partial charge in [-0.2, -0.15) is 5.26 Å². The van der Waals surface area contributed by atoms with Crippen LogP contribution in [0.15, 0.2) is 12.4 Å². The van der Waals surface area contributed by atoms with E-state index in [0.717, 1.165) is 0 Å². The van der Waals surface area contributed by atoms with Gasteiger partial charge in [0.15, 0.2) is 11.5 Å². The number of anilines is 1. The monoisotopic (exact) mass is 220 g/mol. The molecule has 0 bridgehead atoms. The van der Waals surface area contributed by atoms with Crippen molar-refractivity contribution in [2.45, 2.75) is 19.3 Å². The van der Waals surface area contributed by atoms with Gasteiger partial charge < -0.3 is 10.4 Å². The van der Waals surface area contributed by atoms with Crippen molar-refractivity contribution < 1.29 is 9.90 Å². The van der Waals surface area contributed by atoms with Crippen LogP contribution in [0, 0.1) is 11.3 Å². The summed E-state index contributed by atoms with van der Waals surface area (Å²) in [6, 6.07) is 1.92. The van der Waals surface area contributed by atoms with E-state index in [0.29, 0.717) is 25.2 Å². The maximum absolute atomic E-state index is 10.2. The van der Waals surface area contributed by atoms with Crippen molar-refractivity contribution in [2.24, 2.45) is 0 Å². The average molecular weight is 220 g/mol. The third kappa shape index (κ3) is 3.92. The highest BCUT2D eigenvalue weighted by Crippen LogP contribution is 2.06. The van der Waals surface area contributed by atoms with Crippen molar-refractivity contribution in [3.63, 3.8) is 0 Å². The first kappa shape index (κ1) is 11.9. The van der Waals surface area contributed by atoms with E-state index in [1.165, 1.54) is 12.4 Å². The average Bonchev–Trinajstić information content (AvgIpc) is 2.29. The van der Waals surface area contributed by atoms with Crippen LogP contribution in [0.25, 0.3) is 0 Å². The first-order valence-corrected chi connectivity index (χ1v) is 4.91. The lowest BCUT2D eigenvalue weighted by Crippen LogP contribution is -2.06. The van der Waals surface area contributed by atoms with Crippen LogP contribution in [0.1, 0.15) is 25.0 Å². The molecular weight excluding hydrogens is 208 g/mol. The minimum absolute atomic E-state index is 0.160. The van der Waals surface area contributed by atoms with Crippen molar-refractivity contribution in [3.8, 4) is 6.07 Å². The first-order valence-electron chi connectivity index (χ1n) is 4.91. The van der Waals surface area contributed by atoms with E-state index in [-0.39, 0.29) is 12.1 Å². The largest absolute Gasteiger partial charge is 0.481 e. The van der Waals surface area contributed by atoms with E-state index in [1.54, 1.807) is 0 Å². The highest BCUT2D eigenvalue weighted by atomic mass is 16.4. The predicted molar refractivity (Wildman–Crippen MR) is 56.7 cm³/mol. The summed E-state index contributed by atoms with van der Waals surface area (Å²) < 4.78 is 0. The summed E-state index contributed by atoms with van der Waals surface area (Å²) in [6.45, 7) is 0.584. The zero-order valence-electron chi connectivity index (χ0n) is 8.68. The van der Waals surface area contributed by atoms with Gasteiger partial charge in [0.25, 0.3) is 0 Å². The second-order valence-corrected chi connectivity index (χ2v) is 3.14. The van der Waals surface area contributed by atoms with Crippen molar-refractivity contribution in [1.82, 2.24) is 9.97 Å². The fourth-order valence-corrected chi connectivity index (χ4v) is 1.16. The number of aromatic nitrogens is 2. The van der Waals surface area contributed by atoms with Crippen LogP contribution >= 0.6 is 0 Å². The van der Waals surface area contributed by atoms with Gasteiger partial charge in [-0.3, -0.25) is 4.79 Å². The van der Waals surface area contributed by atoms with Gasteiger partial charge >= 0.3 is 5.97 Å². The Labute approximate surface area is 93.0 Å². The number of unbranched alkanes of at least 4 members (excludes halogenated alkanes) is 1. The quantitative estimate of drug-likeness (QED) is 0.694. The lowest BCUT2D eigenvalue weighted by atomic mass is 10.2. The molecule has 0 saturated heterocycles. The van der Waals surface area contributed by atoms with Gasteiger partial charge in [-0.05, 0) is 12.8 Å². The smallest absolute Gasteiger partial charge is 0.303 e. The summed E-state index contributed by atoms with van der Waals surface area (Å²) in [4.78, 5) is 18.1. The Balaban J connectivity index is 2.32. The van der Waals surface area contributed by atoms with E-state index in [1.807, 2.05) is 6.07 Å². The number of carboxylic acid groups (broad SMARTS) is 1. The molecule has 0 aliphatic rings. The minimum Gasteiger partial charge on any atom is -0.481 e. The maximum Gasteiger partial charge on any atom is 0.303 e. The standard InChI is InChI=1S/C10H12N4O2/c11-7-8-10(14-6-5-12-8)13-4-2-1-3-9(15)16/h5-6H,1-4H2,(H,13,14)(H,15,16). The summed E-state index contributed by atoms with van der Waals surface area (Å²) in [6.07, 6.45) is 4.43. The number of rotatable bonds is 6. The highest BCUT2D eigenvalue weighted by molar-refractivity contribution is 5.66. The molecule has 0 aliphatic heterocycles. The zero-order valence-corrected chi connectivity index (χ0v) is 8.68. The van der Waals surface area contributed by atoms with E-state index in [9.17, 15) is 4.79 Å². The number of carbonyl (C=O) groups is 1. The Bertz CT molecular complexity index is 400. The molecule has 2 N–H and O–H groups in total. The third-order valence-electron chi connectivity index (χ3n) is 1.91. The second-order valence-electron chi connectivity index (χ2n) is 3.14. The van der Waals surface area contributed by atoms with Gasteiger partial charge in [0.1, 0.15) is 6.07 Å². The molecule has 0 saturated carbocycles. The molecule has 6 heteroatoms. The van der Waals surface area contributed by atoms with Gasteiger partial charge in [0.05, 0.1) is 0 Å². The Kier molecular flexibility index (Phi) is 4.73. The molecule has 1 heterocycles. The summed E-state index contributed by atoms with van der Waals surface area (Å²) in [5, 5.41) is 20.1. The number of aliphatic carboxylic acids is 1. The van der Waals surface area contributed by atoms with E-state index < -0.39 is 5.97 Å². The molecule has 0 unspecified atom stereocenters. The van der Waals surface area contributed by atoms with Crippen LogP contribution in [0.3, 0.4) is 0 Å². The van der Waals surface area contributed by atoms with E-state index >= 15 is 0 Å². The fourth-order valence-electron chi connectivity index (χ4n) is 1.16. The Morgan fingerprint density at radius 1 is 1.44 bits per heavy atom. The van der Waals surface area contributed by atoms with Crippen LogP contribution in [0.4, 0.5) is 5.82 Å². The van der Waals surface area contributed by atoms with E-state index in [2.05, 4.69) is 15.3 Å². The van der Waals surface area contributed by atoms with Crippen LogP contribution in [-0.2, 0) is 4.79 Å². The van der Waals surface area contributed by atoms with E-state index in [4.69, 9.17) is 10.4 Å². The fraction of sp³-hybridized carbons (Fsp3) is 0.400. The molecule has 16 heavy (non-hydrogen) atoms. The van der Waals surface area contributed by atoms with Crippen molar-refractivity contribution >= 4 is 11.8 Å². The molecule has 0 radical (unpaired) electrons. The molecule has 0 amide bonds. The second kappa shape index (κ2) is 6.35. The van der Waals surface area contributed by atoms with Crippen LogP contribution in [-0.4, -0.2) is 27.6 Å². The van der Waals surface area contributed by atoms with Gasteiger partial charge in [0, 0.05) is 25.4 Å². The Morgan fingerprint density at radius 3 is 2.88 bits per heavy atom. The zero-order chi connectivity index (χ0) is 11.8. The Morgan fingerprint density at radius 2 is 2.19 bits per heavy atom. The first-order chi connectivity index (χ1) is 7.74. The molecule has 6 nitrogen and oxygen atoms in total. The molecule has 1 aromatic rings. The summed E-state index contributed by atoms with van der Waals surface area (Å²) >= 11 is 0. The third-order valence-corrected chi connectivity index (χ3v) is 1.91. The lowest BCUT2D eigenvalue weighted by molar-refractivity contribution is -0.137. The number of hydrogen-bond acceptors (Lipinski definition) is 5. The summed E-state index contributed by atoms with van der Waals surface area (Å²) in [5.74, 6) is -0.349. The van der Waals surface area contributed by atoms with Gasteiger partial charge in [0.2, 0.25) is 0 Å². The number of carboxylic acids is 1. The molecule has 0 spiro atoms. The summed E-state index contributed by atoms with van der Waals surface area (Å²) in [7, 11) is 0. The molecule has 0 aromatic carbocycles. The van der Waals surface area contributed by atoms with Crippen LogP contribution in [0.2, 0.25) is 0 Å². The molecule has 0 aliphatic carbocycles. The predicted octanol–water partition coefficient (Wildman–Crippen LogP) is 1.02. The minimum atomic E-state index is -0.794. The molecule has 0 atom stereocenters. The maximum atomic E-state index is 10.2. The molecular formula is C10H12N4O2. The number of hydrogen-bond donors (Lipinski definition) is 2. The van der Waals surface area contributed by atoms with Crippen LogP contribution < -0.4 is 5.32 Å². The van der Waals surface area contributed by atoms with Gasteiger partial charge in [-0.15, -0.1) is 0 Å². The normalized spacial score (nSPS) is 9.44. The number of nitrogens with zero attached hydrogens (tertiary/aromatic N) is 3. The molecule has 1 aromatic heterocycles. The van der Waals surface area contributed by atoms with Crippen LogP contribution in [0.5, 0.6) is 0 Å². The lowest BCUT2D eigenvalue weighted by Gasteiger charge is -2.04. The summed E-state index contributed by atoms with van der Waals surface area (Å²) in [5.41, 5.74) is 0.251. The number of nitriles is 1. The van der Waals surface area contributed by atoms with Crippen molar-refractivity contribution in [1.29, 1.82) is 5.26 Å². The SMILES string of the molecule is N#Cc1nccnc1NCCCCC(=O)O. The Hall–Kier alpha value is -2.16. The van der Waals surface area contributed by atoms with Gasteiger partial charge in [-0.25, -0.2) is 9.97 Å².